The number of hydrogen-bond acceptors (Lipinski definition) is 3. The molecule has 2 unspecified atom stereocenters. The Morgan fingerprint density at radius 1 is 1.47 bits per heavy atom. The van der Waals surface area contributed by atoms with E-state index in [1.807, 2.05) is 17.8 Å². The average molecular weight is 277 g/mol. The van der Waals surface area contributed by atoms with Gasteiger partial charge in [-0.2, -0.15) is 11.8 Å². The van der Waals surface area contributed by atoms with Crippen LogP contribution >= 0.6 is 11.8 Å². The van der Waals surface area contributed by atoms with Crippen LogP contribution in [0.3, 0.4) is 0 Å². The van der Waals surface area contributed by atoms with Crippen molar-refractivity contribution in [1.29, 1.82) is 0 Å². The molecule has 0 radical (unpaired) electrons. The van der Waals surface area contributed by atoms with Gasteiger partial charge in [0, 0.05) is 29.3 Å². The van der Waals surface area contributed by atoms with Crippen LogP contribution in [0.5, 0.6) is 0 Å². The van der Waals surface area contributed by atoms with Gasteiger partial charge in [-0.05, 0) is 37.0 Å². The molecule has 0 bridgehead atoms. The van der Waals surface area contributed by atoms with Crippen molar-refractivity contribution in [3.8, 4) is 0 Å². The second-order valence-electron chi connectivity index (χ2n) is 5.44. The van der Waals surface area contributed by atoms with Crippen molar-refractivity contribution in [2.24, 2.45) is 0 Å². The molecule has 3 nitrogen and oxygen atoms in total. The number of benzene rings is 1. The zero-order valence-corrected chi connectivity index (χ0v) is 11.9. The van der Waals surface area contributed by atoms with Gasteiger partial charge in [0.1, 0.15) is 0 Å². The molecular weight excluding hydrogens is 258 g/mol. The Labute approximate surface area is 118 Å². The van der Waals surface area contributed by atoms with Gasteiger partial charge < -0.3 is 10.0 Å². The van der Waals surface area contributed by atoms with Gasteiger partial charge in [0.25, 0.3) is 0 Å². The second-order valence-corrected chi connectivity index (χ2v) is 6.91. The first-order valence-corrected chi connectivity index (χ1v) is 7.95. The number of aromatic carboxylic acids is 1. The molecule has 1 saturated heterocycles. The fourth-order valence-electron chi connectivity index (χ4n) is 3.24. The Morgan fingerprint density at radius 2 is 2.32 bits per heavy atom. The third-order valence-corrected chi connectivity index (χ3v) is 5.47. The highest BCUT2D eigenvalue weighted by Gasteiger charge is 2.31. The van der Waals surface area contributed by atoms with E-state index >= 15 is 0 Å². The largest absolute Gasteiger partial charge is 0.478 e. The molecule has 2 heterocycles. The Morgan fingerprint density at radius 3 is 3.00 bits per heavy atom. The maximum Gasteiger partial charge on any atom is 0.336 e. The lowest BCUT2D eigenvalue weighted by Gasteiger charge is -2.36. The zero-order chi connectivity index (χ0) is 13.4. The molecule has 1 aromatic carbocycles. The van der Waals surface area contributed by atoms with E-state index in [0.29, 0.717) is 11.6 Å². The van der Waals surface area contributed by atoms with Crippen molar-refractivity contribution in [3.63, 3.8) is 0 Å². The summed E-state index contributed by atoms with van der Waals surface area (Å²) in [4.78, 5) is 13.8. The fraction of sp³-hybridized carbons (Fsp3) is 0.533. The Balaban J connectivity index is 1.96. The topological polar surface area (TPSA) is 40.5 Å². The quantitative estimate of drug-likeness (QED) is 0.902. The molecule has 4 heteroatoms. The van der Waals surface area contributed by atoms with E-state index in [1.165, 1.54) is 6.42 Å². The van der Waals surface area contributed by atoms with E-state index in [-0.39, 0.29) is 0 Å². The lowest BCUT2D eigenvalue weighted by Crippen LogP contribution is -2.39. The predicted octanol–water partition coefficient (Wildman–Crippen LogP) is 3.03. The smallest absolute Gasteiger partial charge is 0.336 e. The minimum absolute atomic E-state index is 0.487. The molecule has 3 rings (SSSR count). The molecule has 19 heavy (non-hydrogen) atoms. The lowest BCUT2D eigenvalue weighted by molar-refractivity contribution is 0.0695. The SMILES string of the molecule is CC1CC(N2CCCc3c(C(=O)O)cccc32)CS1. The van der Waals surface area contributed by atoms with Crippen molar-refractivity contribution < 1.29 is 9.90 Å². The first-order chi connectivity index (χ1) is 9.16. The minimum Gasteiger partial charge on any atom is -0.478 e. The van der Waals surface area contributed by atoms with Crippen LogP contribution in [0.15, 0.2) is 18.2 Å². The maximum atomic E-state index is 11.3. The van der Waals surface area contributed by atoms with Crippen molar-refractivity contribution in [2.75, 3.05) is 17.2 Å². The molecule has 1 fully saturated rings. The summed E-state index contributed by atoms with van der Waals surface area (Å²) in [6.07, 6.45) is 3.16. The van der Waals surface area contributed by atoms with Crippen LogP contribution in [-0.4, -0.2) is 34.7 Å². The lowest BCUT2D eigenvalue weighted by atomic mass is 9.94. The highest BCUT2D eigenvalue weighted by molar-refractivity contribution is 8.00. The molecule has 2 atom stereocenters. The number of rotatable bonds is 2. The van der Waals surface area contributed by atoms with Crippen molar-refractivity contribution in [1.82, 2.24) is 0 Å². The predicted molar refractivity (Wildman–Crippen MR) is 79.4 cm³/mol. The molecule has 2 aliphatic rings. The standard InChI is InChI=1S/C15H19NO2S/c1-10-8-11(9-19-10)16-7-3-5-12-13(15(17)18)4-2-6-14(12)16/h2,4,6,10-11H,3,5,7-9H2,1H3,(H,17,18). The molecule has 0 amide bonds. The van der Waals surface area contributed by atoms with Crippen LogP contribution in [-0.2, 0) is 6.42 Å². The third kappa shape index (κ3) is 2.34. The van der Waals surface area contributed by atoms with E-state index in [0.717, 1.165) is 41.6 Å². The van der Waals surface area contributed by atoms with Crippen molar-refractivity contribution in [3.05, 3.63) is 29.3 Å². The van der Waals surface area contributed by atoms with Crippen LogP contribution < -0.4 is 4.90 Å². The monoisotopic (exact) mass is 277 g/mol. The summed E-state index contributed by atoms with van der Waals surface area (Å²) in [7, 11) is 0. The normalized spacial score (nSPS) is 26.3. The number of nitrogens with zero attached hydrogens (tertiary/aromatic N) is 1. The van der Waals surface area contributed by atoms with Gasteiger partial charge in [0.05, 0.1) is 5.56 Å². The molecule has 0 aliphatic carbocycles. The molecular formula is C15H19NO2S. The minimum atomic E-state index is -0.798. The van der Waals surface area contributed by atoms with Gasteiger partial charge in [0.2, 0.25) is 0 Å². The summed E-state index contributed by atoms with van der Waals surface area (Å²) < 4.78 is 0. The summed E-state index contributed by atoms with van der Waals surface area (Å²) in [6, 6.07) is 6.28. The van der Waals surface area contributed by atoms with E-state index in [9.17, 15) is 9.90 Å². The number of hydrogen-bond donors (Lipinski definition) is 1. The molecule has 2 aliphatic heterocycles. The highest BCUT2D eigenvalue weighted by Crippen LogP contribution is 2.37. The summed E-state index contributed by atoms with van der Waals surface area (Å²) in [5.41, 5.74) is 2.68. The van der Waals surface area contributed by atoms with Crippen molar-refractivity contribution in [2.45, 2.75) is 37.5 Å². The van der Waals surface area contributed by atoms with E-state index in [1.54, 1.807) is 6.07 Å². The number of thioether (sulfide) groups is 1. The van der Waals surface area contributed by atoms with Gasteiger partial charge >= 0.3 is 5.97 Å². The number of carboxylic acids is 1. The molecule has 1 aromatic rings. The maximum absolute atomic E-state index is 11.3. The molecule has 0 saturated carbocycles. The van der Waals surface area contributed by atoms with Gasteiger partial charge in [-0.1, -0.05) is 13.0 Å². The first-order valence-electron chi connectivity index (χ1n) is 6.90. The molecule has 0 aromatic heterocycles. The van der Waals surface area contributed by atoms with Crippen LogP contribution in [0.25, 0.3) is 0 Å². The second kappa shape index (κ2) is 5.08. The van der Waals surface area contributed by atoms with Gasteiger partial charge in [-0.3, -0.25) is 0 Å². The van der Waals surface area contributed by atoms with E-state index in [4.69, 9.17) is 0 Å². The van der Waals surface area contributed by atoms with Gasteiger partial charge in [-0.15, -0.1) is 0 Å². The van der Waals surface area contributed by atoms with Crippen LogP contribution in [0.2, 0.25) is 0 Å². The van der Waals surface area contributed by atoms with Crippen LogP contribution in [0.4, 0.5) is 5.69 Å². The Bertz CT molecular complexity index is 503. The summed E-state index contributed by atoms with van der Waals surface area (Å²) in [6.45, 7) is 3.34. The number of carboxylic acid groups (broad SMARTS) is 1. The molecule has 0 spiro atoms. The zero-order valence-electron chi connectivity index (χ0n) is 11.1. The number of fused-ring (bicyclic) bond motifs is 1. The third-order valence-electron chi connectivity index (χ3n) is 4.13. The Hall–Kier alpha value is -1.16. The van der Waals surface area contributed by atoms with Crippen LogP contribution in [0, 0.1) is 0 Å². The number of carbonyl (C=O) groups is 1. The summed E-state index contributed by atoms with van der Waals surface area (Å²) >= 11 is 2.03. The van der Waals surface area contributed by atoms with E-state index < -0.39 is 5.97 Å². The number of anilines is 1. The van der Waals surface area contributed by atoms with Gasteiger partial charge in [-0.25, -0.2) is 4.79 Å². The van der Waals surface area contributed by atoms with Crippen molar-refractivity contribution >= 4 is 23.4 Å². The fourth-order valence-corrected chi connectivity index (χ4v) is 4.47. The summed E-state index contributed by atoms with van der Waals surface area (Å²) in [5, 5.41) is 10.0. The summed E-state index contributed by atoms with van der Waals surface area (Å²) in [5.74, 6) is 0.366. The average Bonchev–Trinajstić information content (AvgIpc) is 2.83. The first kappa shape index (κ1) is 12.9. The Kier molecular flexibility index (Phi) is 3.44. The highest BCUT2D eigenvalue weighted by atomic mass is 32.2. The van der Waals surface area contributed by atoms with E-state index in [2.05, 4.69) is 17.9 Å². The van der Waals surface area contributed by atoms with Gasteiger partial charge in [0.15, 0.2) is 0 Å². The molecule has 1 N–H and O–H groups in total. The van der Waals surface area contributed by atoms with Crippen LogP contribution in [0.1, 0.15) is 35.7 Å². The molecule has 102 valence electrons.